The molecule has 0 atom stereocenters. The van der Waals surface area contributed by atoms with Gasteiger partial charge in [0.25, 0.3) is 17.6 Å². The van der Waals surface area contributed by atoms with Crippen LogP contribution in [0.5, 0.6) is 0 Å². The molecule has 3 aromatic rings. The van der Waals surface area contributed by atoms with Crippen LogP contribution >= 0.6 is 11.8 Å². The Labute approximate surface area is 189 Å². The predicted molar refractivity (Wildman–Crippen MR) is 124 cm³/mol. The van der Waals surface area contributed by atoms with Gasteiger partial charge in [0, 0.05) is 36.8 Å². The Morgan fingerprint density at radius 2 is 1.59 bits per heavy atom. The van der Waals surface area contributed by atoms with Gasteiger partial charge in [0.2, 0.25) is 0 Å². The topological polar surface area (TPSA) is 61.4 Å². The maximum Gasteiger partial charge on any atom is 0.288 e. The van der Waals surface area contributed by atoms with E-state index in [1.54, 1.807) is 86.9 Å². The molecule has 2 N–H and O–H groups in total. The average molecular weight is 456 g/mol. The Bertz CT molecular complexity index is 1070. The van der Waals surface area contributed by atoms with Gasteiger partial charge in [0.15, 0.2) is 0 Å². The number of hydrogen-bond donors (Lipinski definition) is 2. The van der Waals surface area contributed by atoms with Crippen LogP contribution in [0.2, 0.25) is 0 Å². The van der Waals surface area contributed by atoms with Crippen molar-refractivity contribution in [2.75, 3.05) is 19.4 Å². The second-order valence-corrected chi connectivity index (χ2v) is 8.22. The van der Waals surface area contributed by atoms with Gasteiger partial charge >= 0.3 is 0 Å². The molecule has 0 heterocycles. The van der Waals surface area contributed by atoms with Gasteiger partial charge in [-0.25, -0.2) is 0 Å². The minimum Gasteiger partial charge on any atom is -0.355 e. The fourth-order valence-electron chi connectivity index (χ4n) is 2.97. The summed E-state index contributed by atoms with van der Waals surface area (Å²) in [6.07, 6.45) is 0. The van der Waals surface area contributed by atoms with Crippen molar-refractivity contribution in [2.45, 2.75) is 17.2 Å². The fraction of sp³-hybridized carbons (Fsp3) is 0.167. The smallest absolute Gasteiger partial charge is 0.288 e. The van der Waals surface area contributed by atoms with Gasteiger partial charge in [-0.2, -0.15) is 8.78 Å². The lowest BCUT2D eigenvalue weighted by Gasteiger charge is -2.13. The molecule has 2 amide bonds. The first-order valence-corrected chi connectivity index (χ1v) is 10.7. The predicted octanol–water partition coefficient (Wildman–Crippen LogP) is 5.38. The average Bonchev–Trinajstić information content (AvgIpc) is 2.78. The molecule has 0 bridgehead atoms. The van der Waals surface area contributed by atoms with E-state index in [-0.39, 0.29) is 11.8 Å². The molecule has 0 aliphatic rings. The normalized spacial score (nSPS) is 10.7. The van der Waals surface area contributed by atoms with E-state index in [9.17, 15) is 18.4 Å². The van der Waals surface area contributed by atoms with E-state index in [2.05, 4.69) is 10.6 Å². The summed E-state index contributed by atoms with van der Waals surface area (Å²) in [4.78, 5) is 26.7. The van der Waals surface area contributed by atoms with Crippen LogP contribution in [-0.4, -0.2) is 36.6 Å². The van der Waals surface area contributed by atoms with Crippen LogP contribution in [0.4, 0.5) is 20.2 Å². The zero-order valence-electron chi connectivity index (χ0n) is 17.6. The van der Waals surface area contributed by atoms with Gasteiger partial charge in [0.1, 0.15) is 0 Å². The van der Waals surface area contributed by atoms with E-state index in [4.69, 9.17) is 0 Å². The van der Waals surface area contributed by atoms with Gasteiger partial charge in [-0.1, -0.05) is 36.0 Å². The van der Waals surface area contributed by atoms with Crippen molar-refractivity contribution >= 4 is 35.0 Å². The molecule has 0 aliphatic carbocycles. The van der Waals surface area contributed by atoms with Crippen LogP contribution < -0.4 is 10.6 Å². The third kappa shape index (κ3) is 6.31. The van der Waals surface area contributed by atoms with Crippen molar-refractivity contribution in [1.29, 1.82) is 0 Å². The van der Waals surface area contributed by atoms with Gasteiger partial charge in [-0.15, -0.1) is 0 Å². The molecule has 8 heteroatoms. The summed E-state index contributed by atoms with van der Waals surface area (Å²) in [5.41, 5.74) is 3.19. The highest BCUT2D eigenvalue weighted by Gasteiger charge is 2.12. The number of amides is 2. The molecule has 0 aromatic heterocycles. The van der Waals surface area contributed by atoms with Crippen molar-refractivity contribution < 1.29 is 18.4 Å². The second kappa shape index (κ2) is 10.8. The Morgan fingerprint density at radius 1 is 0.938 bits per heavy atom. The molecular formula is C24H23F2N3O2S. The molecule has 32 heavy (non-hydrogen) atoms. The molecule has 0 saturated heterocycles. The zero-order chi connectivity index (χ0) is 23.1. The highest BCUT2D eigenvalue weighted by atomic mass is 32.2. The number of thioether (sulfide) groups is 1. The molecule has 0 fully saturated rings. The minimum absolute atomic E-state index is 0.0820. The molecule has 0 saturated carbocycles. The fourth-order valence-corrected chi connectivity index (χ4v) is 3.47. The van der Waals surface area contributed by atoms with Crippen LogP contribution in [0.3, 0.4) is 0 Å². The number of hydrogen-bond acceptors (Lipinski definition) is 4. The third-order valence-corrected chi connectivity index (χ3v) is 5.31. The first kappa shape index (κ1) is 23.3. The van der Waals surface area contributed by atoms with Gasteiger partial charge in [-0.3, -0.25) is 9.59 Å². The highest BCUT2D eigenvalue weighted by molar-refractivity contribution is 7.99. The van der Waals surface area contributed by atoms with Gasteiger partial charge in [0.05, 0.1) is 11.3 Å². The second-order valence-electron chi connectivity index (χ2n) is 7.15. The molecular weight excluding hydrogens is 432 g/mol. The third-order valence-electron chi connectivity index (χ3n) is 4.59. The zero-order valence-corrected chi connectivity index (χ0v) is 18.5. The number of halogens is 2. The van der Waals surface area contributed by atoms with Gasteiger partial charge in [-0.05, 0) is 54.1 Å². The molecule has 166 valence electrons. The van der Waals surface area contributed by atoms with E-state index in [1.165, 1.54) is 4.90 Å². The van der Waals surface area contributed by atoms with Crippen molar-refractivity contribution in [1.82, 2.24) is 10.2 Å². The quantitative estimate of drug-likeness (QED) is 0.448. The number of para-hydroxylation sites is 1. The summed E-state index contributed by atoms with van der Waals surface area (Å²) in [5, 5.41) is 6.05. The number of alkyl halides is 2. The number of anilines is 2. The number of nitrogens with zero attached hydrogens (tertiary/aromatic N) is 1. The monoisotopic (exact) mass is 455 g/mol. The molecule has 0 spiro atoms. The lowest BCUT2D eigenvalue weighted by Crippen LogP contribution is -2.24. The summed E-state index contributed by atoms with van der Waals surface area (Å²) in [7, 11) is 3.39. The molecule has 0 radical (unpaired) electrons. The lowest BCUT2D eigenvalue weighted by atomic mass is 10.1. The summed E-state index contributed by atoms with van der Waals surface area (Å²) in [5.74, 6) is -2.81. The Hall–Kier alpha value is -3.39. The molecule has 0 aliphatic heterocycles. The Balaban J connectivity index is 1.64. The van der Waals surface area contributed by atoms with Crippen molar-refractivity contribution in [2.24, 2.45) is 0 Å². The number of carbonyl (C=O) groups excluding carboxylic acids is 2. The van der Waals surface area contributed by atoms with Crippen LogP contribution in [0.1, 0.15) is 26.3 Å². The Morgan fingerprint density at radius 3 is 2.22 bits per heavy atom. The van der Waals surface area contributed by atoms with E-state index < -0.39 is 5.76 Å². The SMILES string of the molecule is CN(C)C(=O)c1ccc(CNC(=O)c2ccccc2Nc2ccc(SC(F)F)cc2)cc1. The van der Waals surface area contributed by atoms with E-state index >= 15 is 0 Å². The number of carbonyl (C=O) groups is 2. The van der Waals surface area contributed by atoms with E-state index in [1.807, 2.05) is 0 Å². The van der Waals surface area contributed by atoms with E-state index in [0.29, 0.717) is 45.7 Å². The molecule has 3 rings (SSSR count). The van der Waals surface area contributed by atoms with Crippen LogP contribution in [-0.2, 0) is 6.54 Å². The first-order chi connectivity index (χ1) is 15.3. The number of rotatable bonds is 8. The van der Waals surface area contributed by atoms with Crippen molar-refractivity contribution in [3.05, 3.63) is 89.5 Å². The number of nitrogens with one attached hydrogen (secondary N) is 2. The maximum atomic E-state index is 12.8. The highest BCUT2D eigenvalue weighted by Crippen LogP contribution is 2.28. The van der Waals surface area contributed by atoms with Crippen LogP contribution in [0.25, 0.3) is 0 Å². The van der Waals surface area contributed by atoms with Gasteiger partial charge < -0.3 is 15.5 Å². The van der Waals surface area contributed by atoms with Crippen LogP contribution in [0.15, 0.2) is 77.7 Å². The lowest BCUT2D eigenvalue weighted by molar-refractivity contribution is 0.0827. The summed E-state index contributed by atoms with van der Waals surface area (Å²) < 4.78 is 25.0. The van der Waals surface area contributed by atoms with Crippen LogP contribution in [0, 0.1) is 0 Å². The molecule has 0 unspecified atom stereocenters. The first-order valence-electron chi connectivity index (χ1n) is 9.83. The summed E-state index contributed by atoms with van der Waals surface area (Å²) in [6, 6.07) is 20.7. The number of benzene rings is 3. The van der Waals surface area contributed by atoms with Crippen molar-refractivity contribution in [3.8, 4) is 0 Å². The minimum atomic E-state index is -2.47. The Kier molecular flexibility index (Phi) is 7.83. The molecule has 3 aromatic carbocycles. The summed E-state index contributed by atoms with van der Waals surface area (Å²) >= 11 is 0.483. The van der Waals surface area contributed by atoms with Crippen molar-refractivity contribution in [3.63, 3.8) is 0 Å². The molecule has 5 nitrogen and oxygen atoms in total. The standard InChI is InChI=1S/C24H23F2N3O2S/c1-29(2)23(31)17-9-7-16(8-10-17)15-27-22(30)20-5-3-4-6-21(20)28-18-11-13-19(14-12-18)32-24(25)26/h3-14,24,28H,15H2,1-2H3,(H,27,30). The maximum absolute atomic E-state index is 12.8. The summed E-state index contributed by atoms with van der Waals surface area (Å²) in [6.45, 7) is 0.309. The largest absolute Gasteiger partial charge is 0.355 e. The van der Waals surface area contributed by atoms with E-state index in [0.717, 1.165) is 5.56 Å².